The van der Waals surface area contributed by atoms with E-state index < -0.39 is 10.0 Å². The number of carbonyl (C=O) groups is 1. The Morgan fingerprint density at radius 3 is 2.67 bits per heavy atom. The fourth-order valence-corrected chi connectivity index (χ4v) is 5.30. The number of furan rings is 1. The van der Waals surface area contributed by atoms with Gasteiger partial charge in [-0.25, -0.2) is 13.1 Å². The lowest BCUT2D eigenvalue weighted by molar-refractivity contribution is 0.0709. The van der Waals surface area contributed by atoms with Crippen LogP contribution in [0.5, 0.6) is 0 Å². The fraction of sp³-hybridized carbons (Fsp3) is 0.500. The van der Waals surface area contributed by atoms with Gasteiger partial charge in [-0.1, -0.05) is 18.2 Å². The summed E-state index contributed by atoms with van der Waals surface area (Å²) in [6.45, 7) is 5.43. The van der Waals surface area contributed by atoms with Crippen LogP contribution in [-0.2, 0) is 23.0 Å². The molecule has 2 aliphatic heterocycles. The highest BCUT2D eigenvalue weighted by Gasteiger charge is 2.31. The first-order valence-electron chi connectivity index (χ1n) is 10.6. The van der Waals surface area contributed by atoms with E-state index in [4.69, 9.17) is 4.42 Å². The lowest BCUT2D eigenvalue weighted by Gasteiger charge is -2.32. The van der Waals surface area contributed by atoms with E-state index in [0.29, 0.717) is 49.8 Å². The molecule has 0 aliphatic carbocycles. The molecule has 162 valence electrons. The Morgan fingerprint density at radius 1 is 1.20 bits per heavy atom. The maximum absolute atomic E-state index is 13.1. The van der Waals surface area contributed by atoms with Gasteiger partial charge in [0.2, 0.25) is 10.0 Å². The number of carbonyl (C=O) groups excluding carboxylic acids is 1. The van der Waals surface area contributed by atoms with E-state index in [1.54, 1.807) is 24.2 Å². The van der Waals surface area contributed by atoms with E-state index in [1.807, 2.05) is 6.07 Å². The van der Waals surface area contributed by atoms with Gasteiger partial charge in [0.15, 0.2) is 0 Å². The molecule has 1 amide bonds. The Hall–Kier alpha value is -2.32. The van der Waals surface area contributed by atoms with Crippen LogP contribution in [0.15, 0.2) is 41.0 Å². The van der Waals surface area contributed by atoms with Crippen molar-refractivity contribution in [2.75, 3.05) is 23.7 Å². The van der Waals surface area contributed by atoms with E-state index in [-0.39, 0.29) is 17.7 Å². The number of amides is 1. The number of rotatable bonds is 6. The first kappa shape index (κ1) is 20.9. The second-order valence-corrected chi connectivity index (χ2v) is 10.2. The van der Waals surface area contributed by atoms with Gasteiger partial charge in [0.25, 0.3) is 5.91 Å². The second kappa shape index (κ2) is 8.43. The first-order chi connectivity index (χ1) is 14.4. The van der Waals surface area contributed by atoms with Gasteiger partial charge in [-0.15, -0.1) is 0 Å². The van der Waals surface area contributed by atoms with Crippen LogP contribution in [-0.4, -0.2) is 50.2 Å². The van der Waals surface area contributed by atoms with Crippen molar-refractivity contribution in [3.8, 4) is 0 Å². The third-order valence-electron chi connectivity index (χ3n) is 6.15. The highest BCUT2D eigenvalue weighted by molar-refractivity contribution is 7.89. The zero-order chi connectivity index (χ0) is 21.3. The molecule has 1 aromatic carbocycles. The summed E-state index contributed by atoms with van der Waals surface area (Å²) in [5, 5.41) is 0. The summed E-state index contributed by atoms with van der Waals surface area (Å²) in [6, 6.07) is 10.3. The third kappa shape index (κ3) is 4.25. The van der Waals surface area contributed by atoms with Crippen LogP contribution in [0.3, 0.4) is 0 Å². The molecule has 2 aromatic rings. The summed E-state index contributed by atoms with van der Waals surface area (Å²) in [6.07, 6.45) is 3.81. The van der Waals surface area contributed by atoms with Gasteiger partial charge in [-0.3, -0.25) is 4.79 Å². The lowest BCUT2D eigenvalue weighted by atomic mass is 10.0. The third-order valence-corrected chi connectivity index (χ3v) is 7.60. The molecule has 0 saturated carbocycles. The number of nitrogens with one attached hydrogen (secondary N) is 1. The molecular weight excluding hydrogens is 402 g/mol. The van der Waals surface area contributed by atoms with Crippen molar-refractivity contribution in [1.82, 2.24) is 9.62 Å². The topological polar surface area (TPSA) is 82.9 Å². The summed E-state index contributed by atoms with van der Waals surface area (Å²) in [7, 11) is -3.22. The molecule has 1 saturated heterocycles. The fourth-order valence-electron chi connectivity index (χ4n) is 4.39. The SMILES string of the molecule is CCS(=O)(=O)NC1CCN(C(=O)c2ccoc2CN2c3ccccc3CC2C)CC1. The molecule has 0 radical (unpaired) electrons. The maximum atomic E-state index is 13.1. The van der Waals surface area contributed by atoms with E-state index in [2.05, 4.69) is 34.7 Å². The van der Waals surface area contributed by atoms with E-state index in [9.17, 15) is 13.2 Å². The average Bonchev–Trinajstić information content (AvgIpc) is 3.32. The number of hydrogen-bond acceptors (Lipinski definition) is 5. The second-order valence-electron chi connectivity index (χ2n) is 8.15. The molecule has 1 N–H and O–H groups in total. The minimum absolute atomic E-state index is 0.0457. The van der Waals surface area contributed by atoms with Crippen molar-refractivity contribution < 1.29 is 17.6 Å². The standard InChI is InChI=1S/C22H29N3O4S/c1-3-30(27,28)23-18-8-11-24(12-9-18)22(26)19-10-13-29-21(19)15-25-16(2)14-17-6-4-5-7-20(17)25/h4-7,10,13,16,18,23H,3,8-9,11-12,14-15H2,1-2H3. The number of likely N-dealkylation sites (tertiary alicyclic amines) is 1. The summed E-state index contributed by atoms with van der Waals surface area (Å²) >= 11 is 0. The number of para-hydroxylation sites is 1. The maximum Gasteiger partial charge on any atom is 0.257 e. The van der Waals surface area contributed by atoms with Crippen molar-refractivity contribution in [1.29, 1.82) is 0 Å². The smallest absolute Gasteiger partial charge is 0.257 e. The number of sulfonamides is 1. The quantitative estimate of drug-likeness (QED) is 0.761. The first-order valence-corrected chi connectivity index (χ1v) is 12.2. The van der Waals surface area contributed by atoms with Gasteiger partial charge < -0.3 is 14.2 Å². The summed E-state index contributed by atoms with van der Waals surface area (Å²) in [4.78, 5) is 17.2. The minimum atomic E-state index is -3.22. The molecule has 7 nitrogen and oxygen atoms in total. The lowest BCUT2D eigenvalue weighted by Crippen LogP contribution is -2.47. The van der Waals surface area contributed by atoms with Crippen LogP contribution in [0.2, 0.25) is 0 Å². The van der Waals surface area contributed by atoms with Crippen LogP contribution in [0.4, 0.5) is 5.69 Å². The summed E-state index contributed by atoms with van der Waals surface area (Å²) < 4.78 is 32.0. The predicted octanol–water partition coefficient (Wildman–Crippen LogP) is 2.77. The minimum Gasteiger partial charge on any atom is -0.467 e. The molecule has 2 aliphatic rings. The summed E-state index contributed by atoms with van der Waals surface area (Å²) in [5.74, 6) is 0.704. The molecule has 1 fully saturated rings. The molecular formula is C22H29N3O4S. The number of nitrogens with zero attached hydrogens (tertiary/aromatic N) is 2. The van der Waals surface area contributed by atoms with Crippen molar-refractivity contribution >= 4 is 21.6 Å². The van der Waals surface area contributed by atoms with E-state index in [0.717, 1.165) is 6.42 Å². The highest BCUT2D eigenvalue weighted by Crippen LogP contribution is 2.33. The van der Waals surface area contributed by atoms with Crippen molar-refractivity contribution in [2.45, 2.75) is 51.7 Å². The molecule has 3 heterocycles. The summed E-state index contributed by atoms with van der Waals surface area (Å²) in [5.41, 5.74) is 3.11. The molecule has 0 spiro atoms. The van der Waals surface area contributed by atoms with Gasteiger partial charge in [-0.2, -0.15) is 0 Å². The number of benzene rings is 1. The average molecular weight is 432 g/mol. The normalized spacial score (nSPS) is 19.9. The van der Waals surface area contributed by atoms with Gasteiger partial charge in [0.05, 0.1) is 24.1 Å². The Balaban J connectivity index is 1.42. The molecule has 30 heavy (non-hydrogen) atoms. The number of fused-ring (bicyclic) bond motifs is 1. The Morgan fingerprint density at radius 2 is 1.93 bits per heavy atom. The van der Waals surface area contributed by atoms with Crippen LogP contribution in [0, 0.1) is 0 Å². The van der Waals surface area contributed by atoms with Crippen molar-refractivity contribution in [3.63, 3.8) is 0 Å². The Kier molecular flexibility index (Phi) is 5.88. The molecule has 1 unspecified atom stereocenters. The zero-order valence-corrected chi connectivity index (χ0v) is 18.3. The number of anilines is 1. The van der Waals surface area contributed by atoms with Gasteiger partial charge >= 0.3 is 0 Å². The highest BCUT2D eigenvalue weighted by atomic mass is 32.2. The zero-order valence-electron chi connectivity index (χ0n) is 17.5. The van der Waals surface area contributed by atoms with Crippen molar-refractivity contribution in [2.24, 2.45) is 0 Å². The Labute approximate surface area is 178 Å². The van der Waals surface area contributed by atoms with Gasteiger partial charge in [0.1, 0.15) is 5.76 Å². The monoisotopic (exact) mass is 431 g/mol. The van der Waals surface area contributed by atoms with Crippen LogP contribution in [0.25, 0.3) is 0 Å². The van der Waals surface area contributed by atoms with Crippen LogP contribution < -0.4 is 9.62 Å². The predicted molar refractivity (Wildman–Crippen MR) is 116 cm³/mol. The van der Waals surface area contributed by atoms with Crippen LogP contribution in [0.1, 0.15) is 48.4 Å². The van der Waals surface area contributed by atoms with Gasteiger partial charge in [0, 0.05) is 30.9 Å². The molecule has 1 aromatic heterocycles. The van der Waals surface area contributed by atoms with Gasteiger partial charge in [-0.05, 0) is 50.8 Å². The van der Waals surface area contributed by atoms with Crippen molar-refractivity contribution in [3.05, 3.63) is 53.5 Å². The largest absolute Gasteiger partial charge is 0.467 e. The molecule has 1 atom stereocenters. The molecule has 0 bridgehead atoms. The van der Waals surface area contributed by atoms with Crippen LogP contribution >= 0.6 is 0 Å². The molecule has 8 heteroatoms. The Bertz CT molecular complexity index is 1010. The number of piperidine rings is 1. The van der Waals surface area contributed by atoms with E-state index in [1.165, 1.54) is 11.3 Å². The molecule has 4 rings (SSSR count). The number of hydrogen-bond donors (Lipinski definition) is 1. The van der Waals surface area contributed by atoms with E-state index >= 15 is 0 Å².